The van der Waals surface area contributed by atoms with E-state index in [1.165, 1.54) is 19.1 Å². The van der Waals surface area contributed by atoms with Crippen LogP contribution < -0.4 is 4.74 Å². The molecule has 0 spiro atoms. The van der Waals surface area contributed by atoms with Crippen LogP contribution in [0.5, 0.6) is 5.75 Å². The first-order valence-corrected chi connectivity index (χ1v) is 7.06. The maximum atomic E-state index is 12.4. The molecule has 0 N–H and O–H groups in total. The molecule has 0 radical (unpaired) electrons. The van der Waals surface area contributed by atoms with Gasteiger partial charge in [0.2, 0.25) is 0 Å². The van der Waals surface area contributed by atoms with Gasteiger partial charge in [0.15, 0.2) is 0 Å². The van der Waals surface area contributed by atoms with Crippen LogP contribution in [0.25, 0.3) is 0 Å². The molecule has 1 aliphatic carbocycles. The third-order valence-corrected chi connectivity index (χ3v) is 3.22. The molecule has 2 rings (SSSR count). The standard InChI is InChI=1S/C15H16F3NO4/c1-10(20)22-9-8-19(12-4-5-12)14(21)11-2-6-13(7-3-11)23-15(16,17)18/h2-3,6-7,12H,4-5,8-9H2,1H3. The Labute approximate surface area is 131 Å². The lowest BCUT2D eigenvalue weighted by Gasteiger charge is -2.22. The molecule has 0 atom stereocenters. The Morgan fingerprint density at radius 3 is 2.30 bits per heavy atom. The fourth-order valence-electron chi connectivity index (χ4n) is 2.09. The van der Waals surface area contributed by atoms with Gasteiger partial charge in [-0.15, -0.1) is 13.2 Å². The van der Waals surface area contributed by atoms with Gasteiger partial charge in [-0.25, -0.2) is 0 Å². The minimum atomic E-state index is -4.77. The third kappa shape index (κ3) is 5.46. The molecule has 1 saturated carbocycles. The number of ether oxygens (including phenoxy) is 2. The summed E-state index contributed by atoms with van der Waals surface area (Å²) in [7, 11) is 0. The summed E-state index contributed by atoms with van der Waals surface area (Å²) < 4.78 is 44.9. The normalized spacial score (nSPS) is 14.3. The van der Waals surface area contributed by atoms with E-state index in [9.17, 15) is 22.8 Å². The summed E-state index contributed by atoms with van der Waals surface area (Å²) in [5.74, 6) is -1.12. The van der Waals surface area contributed by atoms with E-state index in [0.29, 0.717) is 0 Å². The summed E-state index contributed by atoms with van der Waals surface area (Å²) in [5.41, 5.74) is 0.259. The Hall–Kier alpha value is -2.25. The van der Waals surface area contributed by atoms with E-state index in [0.717, 1.165) is 25.0 Å². The van der Waals surface area contributed by atoms with Crippen LogP contribution in [0.15, 0.2) is 24.3 Å². The second kappa shape index (κ2) is 6.89. The molecule has 0 bridgehead atoms. The van der Waals surface area contributed by atoms with E-state index in [-0.39, 0.29) is 36.4 Å². The molecule has 0 saturated heterocycles. The Bertz CT molecular complexity index is 567. The number of benzene rings is 1. The van der Waals surface area contributed by atoms with E-state index < -0.39 is 12.3 Å². The topological polar surface area (TPSA) is 55.8 Å². The van der Waals surface area contributed by atoms with E-state index in [4.69, 9.17) is 4.74 Å². The summed E-state index contributed by atoms with van der Waals surface area (Å²) in [6.45, 7) is 1.62. The SMILES string of the molecule is CC(=O)OCCN(C(=O)c1ccc(OC(F)(F)F)cc1)C1CC1. The molecule has 1 amide bonds. The highest BCUT2D eigenvalue weighted by molar-refractivity contribution is 5.94. The first-order chi connectivity index (χ1) is 10.8. The van der Waals surface area contributed by atoms with Gasteiger partial charge in [0.1, 0.15) is 12.4 Å². The number of carbonyl (C=O) groups excluding carboxylic acids is 2. The lowest BCUT2D eigenvalue weighted by molar-refractivity contribution is -0.274. The van der Waals surface area contributed by atoms with E-state index in [2.05, 4.69) is 4.74 Å². The molecule has 23 heavy (non-hydrogen) atoms. The third-order valence-electron chi connectivity index (χ3n) is 3.22. The molecule has 1 aromatic rings. The van der Waals surface area contributed by atoms with Crippen LogP contribution >= 0.6 is 0 Å². The number of carbonyl (C=O) groups is 2. The number of hydrogen-bond donors (Lipinski definition) is 0. The number of amides is 1. The average Bonchev–Trinajstić information content (AvgIpc) is 3.26. The molecular weight excluding hydrogens is 315 g/mol. The summed E-state index contributed by atoms with van der Waals surface area (Å²) >= 11 is 0. The fraction of sp³-hybridized carbons (Fsp3) is 0.467. The first-order valence-electron chi connectivity index (χ1n) is 7.06. The van der Waals surface area contributed by atoms with Crippen molar-refractivity contribution in [1.29, 1.82) is 0 Å². The zero-order valence-corrected chi connectivity index (χ0v) is 12.4. The zero-order valence-electron chi connectivity index (χ0n) is 12.4. The Morgan fingerprint density at radius 2 is 1.83 bits per heavy atom. The van der Waals surface area contributed by atoms with Gasteiger partial charge in [0, 0.05) is 18.5 Å². The van der Waals surface area contributed by atoms with Gasteiger partial charge >= 0.3 is 12.3 Å². The van der Waals surface area contributed by atoms with Crippen molar-refractivity contribution in [2.24, 2.45) is 0 Å². The molecule has 0 aliphatic heterocycles. The fourth-order valence-corrected chi connectivity index (χ4v) is 2.09. The highest BCUT2D eigenvalue weighted by Crippen LogP contribution is 2.29. The molecule has 0 aromatic heterocycles. The number of alkyl halides is 3. The van der Waals surface area contributed by atoms with Gasteiger partial charge in [-0.05, 0) is 37.1 Å². The number of nitrogens with zero attached hydrogens (tertiary/aromatic N) is 1. The molecule has 8 heteroatoms. The quantitative estimate of drug-likeness (QED) is 0.752. The number of rotatable bonds is 6. The monoisotopic (exact) mass is 331 g/mol. The van der Waals surface area contributed by atoms with Crippen LogP contribution in [0.2, 0.25) is 0 Å². The largest absolute Gasteiger partial charge is 0.573 e. The smallest absolute Gasteiger partial charge is 0.464 e. The Morgan fingerprint density at radius 1 is 1.22 bits per heavy atom. The van der Waals surface area contributed by atoms with Crippen LogP contribution in [-0.2, 0) is 9.53 Å². The maximum absolute atomic E-state index is 12.4. The summed E-state index contributed by atoms with van der Waals surface area (Å²) in [6.07, 6.45) is -3.04. The van der Waals surface area contributed by atoms with Crippen LogP contribution in [-0.4, -0.2) is 42.3 Å². The maximum Gasteiger partial charge on any atom is 0.573 e. The number of halogens is 3. The lowest BCUT2D eigenvalue weighted by Crippen LogP contribution is -2.36. The van der Waals surface area contributed by atoms with Gasteiger partial charge in [0.25, 0.3) is 5.91 Å². The molecule has 0 heterocycles. The highest BCUT2D eigenvalue weighted by Gasteiger charge is 2.33. The van der Waals surface area contributed by atoms with Crippen molar-refractivity contribution < 1.29 is 32.2 Å². The molecule has 126 valence electrons. The number of esters is 1. The molecule has 1 aromatic carbocycles. The molecule has 5 nitrogen and oxygen atoms in total. The van der Waals surface area contributed by atoms with Gasteiger partial charge < -0.3 is 14.4 Å². The predicted octanol–water partition coefficient (Wildman–Crippen LogP) is 2.75. The summed E-state index contributed by atoms with van der Waals surface area (Å²) in [5, 5.41) is 0. The van der Waals surface area contributed by atoms with E-state index in [1.807, 2.05) is 0 Å². The minimum absolute atomic E-state index is 0.0872. The van der Waals surface area contributed by atoms with Crippen molar-refractivity contribution in [3.05, 3.63) is 29.8 Å². The molecular formula is C15H16F3NO4. The van der Waals surface area contributed by atoms with Crippen LogP contribution in [0, 0.1) is 0 Å². The molecule has 1 fully saturated rings. The van der Waals surface area contributed by atoms with Crippen molar-refractivity contribution >= 4 is 11.9 Å². The van der Waals surface area contributed by atoms with Gasteiger partial charge in [-0.1, -0.05) is 0 Å². The van der Waals surface area contributed by atoms with Crippen molar-refractivity contribution in [3.8, 4) is 5.75 Å². The van der Waals surface area contributed by atoms with Gasteiger partial charge in [0.05, 0.1) is 6.54 Å². The van der Waals surface area contributed by atoms with Crippen molar-refractivity contribution in [2.45, 2.75) is 32.2 Å². The zero-order chi connectivity index (χ0) is 17.0. The second-order valence-corrected chi connectivity index (χ2v) is 5.14. The minimum Gasteiger partial charge on any atom is -0.464 e. The Kier molecular flexibility index (Phi) is 5.12. The van der Waals surface area contributed by atoms with Gasteiger partial charge in [-0.2, -0.15) is 0 Å². The van der Waals surface area contributed by atoms with Crippen molar-refractivity contribution in [2.75, 3.05) is 13.2 Å². The van der Waals surface area contributed by atoms with Crippen LogP contribution in [0.1, 0.15) is 30.1 Å². The number of hydrogen-bond acceptors (Lipinski definition) is 4. The van der Waals surface area contributed by atoms with Gasteiger partial charge in [-0.3, -0.25) is 9.59 Å². The van der Waals surface area contributed by atoms with Crippen LogP contribution in [0.4, 0.5) is 13.2 Å². The summed E-state index contributed by atoms with van der Waals surface area (Å²) in [4.78, 5) is 24.8. The molecule has 0 unspecified atom stereocenters. The Balaban J connectivity index is 2.00. The van der Waals surface area contributed by atoms with E-state index >= 15 is 0 Å². The predicted molar refractivity (Wildman–Crippen MR) is 73.8 cm³/mol. The van der Waals surface area contributed by atoms with Crippen molar-refractivity contribution in [1.82, 2.24) is 4.90 Å². The lowest BCUT2D eigenvalue weighted by atomic mass is 10.2. The average molecular weight is 331 g/mol. The van der Waals surface area contributed by atoms with Crippen molar-refractivity contribution in [3.63, 3.8) is 0 Å². The van der Waals surface area contributed by atoms with Crippen LogP contribution in [0.3, 0.4) is 0 Å². The molecule has 1 aliphatic rings. The summed E-state index contributed by atoms with van der Waals surface area (Å²) in [6, 6.07) is 4.84. The second-order valence-electron chi connectivity index (χ2n) is 5.14. The first kappa shape index (κ1) is 17.1. The van der Waals surface area contributed by atoms with E-state index in [1.54, 1.807) is 4.90 Å². The highest BCUT2D eigenvalue weighted by atomic mass is 19.4.